The minimum Gasteiger partial charge on any atom is -0.463 e. The van der Waals surface area contributed by atoms with Gasteiger partial charge in [0.2, 0.25) is 0 Å². The SMILES string of the molecule is CCCC(=O)OC[C@@H]1CC[C@H]([n+]2cccc(C(N)=O)c2)O1. The van der Waals surface area contributed by atoms with Gasteiger partial charge in [0.05, 0.1) is 6.10 Å². The first kappa shape index (κ1) is 15.4. The Bertz CT molecular complexity index is 518. The largest absolute Gasteiger partial charge is 0.463 e. The van der Waals surface area contributed by atoms with E-state index in [0.717, 1.165) is 19.3 Å². The molecule has 0 aliphatic carbocycles. The highest BCUT2D eigenvalue weighted by atomic mass is 16.6. The van der Waals surface area contributed by atoms with E-state index in [9.17, 15) is 9.59 Å². The van der Waals surface area contributed by atoms with Crippen molar-refractivity contribution in [3.8, 4) is 0 Å². The third-order valence-corrected chi connectivity index (χ3v) is 3.41. The Hall–Kier alpha value is -1.95. The van der Waals surface area contributed by atoms with Crippen molar-refractivity contribution in [1.29, 1.82) is 0 Å². The third-order valence-electron chi connectivity index (χ3n) is 3.41. The summed E-state index contributed by atoms with van der Waals surface area (Å²) in [5, 5.41) is 0. The molecule has 2 N–H and O–H groups in total. The highest BCUT2D eigenvalue weighted by molar-refractivity contribution is 5.92. The average molecular weight is 293 g/mol. The molecule has 114 valence electrons. The molecular formula is C15H21N2O4+. The lowest BCUT2D eigenvalue weighted by Crippen LogP contribution is -2.40. The Labute approximate surface area is 123 Å². The third kappa shape index (κ3) is 4.26. The molecule has 0 saturated carbocycles. The van der Waals surface area contributed by atoms with Gasteiger partial charge >= 0.3 is 5.97 Å². The zero-order chi connectivity index (χ0) is 15.2. The van der Waals surface area contributed by atoms with Crippen LogP contribution in [0.15, 0.2) is 24.5 Å². The molecule has 2 rings (SSSR count). The van der Waals surface area contributed by atoms with Crippen LogP contribution in [0, 0.1) is 0 Å². The standard InChI is InChI=1S/C15H20N2O4/c1-2-4-14(18)20-10-12-6-7-13(21-12)17-8-3-5-11(9-17)15(16)19/h3,5,8-9,12-13H,2,4,6-7,10H2,1H3,(H-,16,19)/p+1/t12-,13+/m0/s1. The van der Waals surface area contributed by atoms with E-state index >= 15 is 0 Å². The highest BCUT2D eigenvalue weighted by Gasteiger charge is 2.32. The molecule has 2 atom stereocenters. The second-order valence-corrected chi connectivity index (χ2v) is 5.13. The number of aromatic nitrogens is 1. The van der Waals surface area contributed by atoms with Gasteiger partial charge in [0, 0.05) is 18.9 Å². The second kappa shape index (κ2) is 7.17. The number of ether oxygens (including phenoxy) is 2. The summed E-state index contributed by atoms with van der Waals surface area (Å²) in [5.74, 6) is -0.652. The number of carbonyl (C=O) groups is 2. The van der Waals surface area contributed by atoms with Crippen molar-refractivity contribution < 1.29 is 23.6 Å². The number of rotatable bonds is 6. The fourth-order valence-corrected chi connectivity index (χ4v) is 2.31. The molecule has 0 spiro atoms. The minimum atomic E-state index is -0.465. The maximum atomic E-state index is 11.3. The van der Waals surface area contributed by atoms with Gasteiger partial charge in [-0.3, -0.25) is 9.59 Å². The summed E-state index contributed by atoms with van der Waals surface area (Å²) >= 11 is 0. The first-order chi connectivity index (χ1) is 10.1. The number of carbonyl (C=O) groups excluding carboxylic acids is 2. The van der Waals surface area contributed by atoms with E-state index in [4.69, 9.17) is 15.2 Å². The van der Waals surface area contributed by atoms with Gasteiger partial charge in [-0.2, -0.15) is 4.57 Å². The van der Waals surface area contributed by atoms with Crippen LogP contribution in [0.5, 0.6) is 0 Å². The Morgan fingerprint density at radius 1 is 1.48 bits per heavy atom. The maximum absolute atomic E-state index is 11.3. The van der Waals surface area contributed by atoms with E-state index in [1.807, 2.05) is 17.7 Å². The second-order valence-electron chi connectivity index (χ2n) is 5.13. The molecule has 1 fully saturated rings. The summed E-state index contributed by atoms with van der Waals surface area (Å²) in [6.07, 6.45) is 6.11. The summed E-state index contributed by atoms with van der Waals surface area (Å²) in [6, 6.07) is 3.43. The molecule has 1 aliphatic rings. The summed E-state index contributed by atoms with van der Waals surface area (Å²) < 4.78 is 12.8. The van der Waals surface area contributed by atoms with Crippen LogP contribution < -0.4 is 10.3 Å². The molecule has 21 heavy (non-hydrogen) atoms. The molecule has 0 aromatic carbocycles. The number of nitrogens with zero attached hydrogens (tertiary/aromatic N) is 1. The molecule has 1 aliphatic heterocycles. The first-order valence-electron chi connectivity index (χ1n) is 7.22. The molecule has 1 amide bonds. The number of amides is 1. The molecule has 1 aromatic rings. The quantitative estimate of drug-likeness (QED) is 0.629. The van der Waals surface area contributed by atoms with Crippen LogP contribution in [0.25, 0.3) is 0 Å². The average Bonchev–Trinajstić information content (AvgIpc) is 2.94. The van der Waals surface area contributed by atoms with E-state index in [-0.39, 0.29) is 24.9 Å². The van der Waals surface area contributed by atoms with E-state index in [1.54, 1.807) is 18.3 Å². The van der Waals surface area contributed by atoms with Gasteiger partial charge < -0.3 is 15.2 Å². The van der Waals surface area contributed by atoms with Crippen molar-refractivity contribution in [2.24, 2.45) is 5.73 Å². The predicted molar refractivity (Wildman–Crippen MR) is 74.2 cm³/mol. The van der Waals surface area contributed by atoms with E-state index in [0.29, 0.717) is 12.0 Å². The number of primary amides is 1. The number of pyridine rings is 1. The van der Waals surface area contributed by atoms with Crippen LogP contribution in [0.1, 0.15) is 49.2 Å². The van der Waals surface area contributed by atoms with Crippen LogP contribution in [0.2, 0.25) is 0 Å². The smallest absolute Gasteiger partial charge is 0.305 e. The number of esters is 1. The van der Waals surface area contributed by atoms with Crippen molar-refractivity contribution in [1.82, 2.24) is 0 Å². The molecule has 6 nitrogen and oxygen atoms in total. The van der Waals surface area contributed by atoms with Crippen LogP contribution in [-0.2, 0) is 14.3 Å². The van der Waals surface area contributed by atoms with E-state index in [2.05, 4.69) is 0 Å². The van der Waals surface area contributed by atoms with Gasteiger partial charge in [0.15, 0.2) is 12.4 Å². The molecule has 1 saturated heterocycles. The zero-order valence-corrected chi connectivity index (χ0v) is 12.2. The molecule has 0 radical (unpaired) electrons. The zero-order valence-electron chi connectivity index (χ0n) is 12.2. The normalized spacial score (nSPS) is 21.2. The van der Waals surface area contributed by atoms with Crippen LogP contribution >= 0.6 is 0 Å². The molecule has 1 aromatic heterocycles. The molecule has 6 heteroatoms. The Morgan fingerprint density at radius 2 is 2.29 bits per heavy atom. The van der Waals surface area contributed by atoms with Crippen molar-refractivity contribution in [2.45, 2.75) is 44.9 Å². The van der Waals surface area contributed by atoms with Gasteiger partial charge in [-0.1, -0.05) is 6.92 Å². The summed E-state index contributed by atoms with van der Waals surface area (Å²) in [4.78, 5) is 22.5. The lowest BCUT2D eigenvalue weighted by Gasteiger charge is -2.11. The number of hydrogen-bond acceptors (Lipinski definition) is 4. The van der Waals surface area contributed by atoms with Crippen LogP contribution in [0.3, 0.4) is 0 Å². The lowest BCUT2D eigenvalue weighted by molar-refractivity contribution is -0.759. The van der Waals surface area contributed by atoms with Gasteiger partial charge in [0.25, 0.3) is 12.1 Å². The summed E-state index contributed by atoms with van der Waals surface area (Å²) in [7, 11) is 0. The van der Waals surface area contributed by atoms with Gasteiger partial charge in [0.1, 0.15) is 12.2 Å². The Morgan fingerprint density at radius 3 is 3.00 bits per heavy atom. The van der Waals surface area contributed by atoms with Gasteiger partial charge in [-0.25, -0.2) is 0 Å². The predicted octanol–water partition coefficient (Wildman–Crippen LogP) is 1.09. The number of hydrogen-bond donors (Lipinski definition) is 1. The van der Waals surface area contributed by atoms with Crippen molar-refractivity contribution in [2.75, 3.05) is 6.61 Å². The molecule has 0 unspecified atom stereocenters. The molecule has 0 bridgehead atoms. The van der Waals surface area contributed by atoms with Gasteiger partial charge in [-0.05, 0) is 18.9 Å². The topological polar surface area (TPSA) is 82.5 Å². The van der Waals surface area contributed by atoms with E-state index < -0.39 is 5.91 Å². The molecule has 2 heterocycles. The van der Waals surface area contributed by atoms with Crippen molar-refractivity contribution in [3.63, 3.8) is 0 Å². The fourth-order valence-electron chi connectivity index (χ4n) is 2.31. The Kier molecular flexibility index (Phi) is 5.27. The monoisotopic (exact) mass is 293 g/mol. The van der Waals surface area contributed by atoms with Crippen molar-refractivity contribution >= 4 is 11.9 Å². The minimum absolute atomic E-state index is 0.0967. The summed E-state index contributed by atoms with van der Waals surface area (Å²) in [5.41, 5.74) is 5.71. The van der Waals surface area contributed by atoms with Crippen LogP contribution in [0.4, 0.5) is 0 Å². The van der Waals surface area contributed by atoms with E-state index in [1.165, 1.54) is 0 Å². The number of nitrogens with two attached hydrogens (primary N) is 1. The molecular weight excluding hydrogens is 272 g/mol. The fraction of sp³-hybridized carbons (Fsp3) is 0.533. The maximum Gasteiger partial charge on any atom is 0.305 e. The lowest BCUT2D eigenvalue weighted by atomic mass is 10.2. The van der Waals surface area contributed by atoms with Crippen molar-refractivity contribution in [3.05, 3.63) is 30.1 Å². The highest BCUT2D eigenvalue weighted by Crippen LogP contribution is 2.24. The first-order valence-corrected chi connectivity index (χ1v) is 7.22. The van der Waals surface area contributed by atoms with Gasteiger partial charge in [-0.15, -0.1) is 0 Å². The van der Waals surface area contributed by atoms with Crippen LogP contribution in [-0.4, -0.2) is 24.6 Å². The summed E-state index contributed by atoms with van der Waals surface area (Å²) in [6.45, 7) is 2.22. The Balaban J connectivity index is 1.88.